The summed E-state index contributed by atoms with van der Waals surface area (Å²) in [6.07, 6.45) is 1.14. The molecule has 0 saturated carbocycles. The lowest BCUT2D eigenvalue weighted by atomic mass is 10.1. The summed E-state index contributed by atoms with van der Waals surface area (Å²) in [5, 5.41) is 0. The van der Waals surface area contributed by atoms with E-state index in [4.69, 9.17) is 9.47 Å². The molecule has 0 atom stereocenters. The van der Waals surface area contributed by atoms with Gasteiger partial charge in [-0.15, -0.1) is 0 Å². The van der Waals surface area contributed by atoms with Gasteiger partial charge in [-0.1, -0.05) is 0 Å². The van der Waals surface area contributed by atoms with Crippen molar-refractivity contribution in [3.8, 4) is 11.8 Å². The maximum atomic E-state index is 11.1. The molecule has 8 nitrogen and oxygen atoms in total. The Labute approximate surface area is 111 Å². The second-order valence-corrected chi connectivity index (χ2v) is 6.02. The predicted octanol–water partition coefficient (Wildman–Crippen LogP) is -0.768. The van der Waals surface area contributed by atoms with Crippen LogP contribution in [0, 0.1) is 0 Å². The summed E-state index contributed by atoms with van der Waals surface area (Å²) in [4.78, 5) is 10.2. The molecule has 1 fully saturated rings. The maximum Gasteiger partial charge on any atom is 0.232 e. The van der Waals surface area contributed by atoms with Gasteiger partial charge in [-0.2, -0.15) is 9.97 Å². The van der Waals surface area contributed by atoms with Crippen molar-refractivity contribution < 1.29 is 17.9 Å². The molecule has 1 aliphatic rings. The van der Waals surface area contributed by atoms with Gasteiger partial charge in [0.25, 0.3) is 0 Å². The summed E-state index contributed by atoms with van der Waals surface area (Å²) in [5.41, 5.74) is 0. The Morgan fingerprint density at radius 3 is 2.21 bits per heavy atom. The van der Waals surface area contributed by atoms with Crippen molar-refractivity contribution in [1.82, 2.24) is 14.7 Å². The first kappa shape index (κ1) is 13.8. The Hall–Kier alpha value is -1.61. The lowest BCUT2D eigenvalue weighted by Gasteiger charge is -2.39. The van der Waals surface area contributed by atoms with Gasteiger partial charge in [0.05, 0.1) is 32.6 Å². The molecular formula is C10H16N4O4S. The number of hydrogen-bond donors (Lipinski definition) is 1. The third-order valence-electron chi connectivity index (χ3n) is 2.63. The molecule has 0 radical (unpaired) electrons. The quantitative estimate of drug-likeness (QED) is 0.760. The summed E-state index contributed by atoms with van der Waals surface area (Å²) in [5.74, 6) is 1.27. The van der Waals surface area contributed by atoms with Crippen LogP contribution in [-0.2, 0) is 10.0 Å². The van der Waals surface area contributed by atoms with E-state index in [1.807, 2.05) is 4.90 Å². The number of ether oxygens (including phenoxy) is 2. The molecule has 1 N–H and O–H groups in total. The Morgan fingerprint density at radius 2 is 1.79 bits per heavy atom. The van der Waals surface area contributed by atoms with Crippen LogP contribution in [0.4, 0.5) is 5.95 Å². The van der Waals surface area contributed by atoms with Crippen LogP contribution in [0.5, 0.6) is 11.8 Å². The van der Waals surface area contributed by atoms with Gasteiger partial charge in [0.2, 0.25) is 27.7 Å². The zero-order chi connectivity index (χ0) is 14.0. The van der Waals surface area contributed by atoms with E-state index in [1.54, 1.807) is 6.07 Å². The number of sulfonamides is 1. The van der Waals surface area contributed by atoms with Gasteiger partial charge >= 0.3 is 0 Å². The minimum absolute atomic E-state index is 0.115. The fourth-order valence-corrected chi connectivity index (χ4v) is 2.52. The topological polar surface area (TPSA) is 93.7 Å². The number of aromatic nitrogens is 2. The summed E-state index contributed by atoms with van der Waals surface area (Å²) in [7, 11) is -0.163. The van der Waals surface area contributed by atoms with Crippen LogP contribution in [0.1, 0.15) is 0 Å². The van der Waals surface area contributed by atoms with Gasteiger partial charge in [0, 0.05) is 13.1 Å². The van der Waals surface area contributed by atoms with Crippen molar-refractivity contribution in [2.75, 3.05) is 38.5 Å². The van der Waals surface area contributed by atoms with Gasteiger partial charge in [-0.3, -0.25) is 0 Å². The molecular weight excluding hydrogens is 272 g/mol. The van der Waals surface area contributed by atoms with E-state index >= 15 is 0 Å². The Morgan fingerprint density at radius 1 is 1.26 bits per heavy atom. The fraction of sp³-hybridized carbons (Fsp3) is 0.600. The predicted molar refractivity (Wildman–Crippen MR) is 69.1 cm³/mol. The molecule has 2 rings (SSSR count). The van der Waals surface area contributed by atoms with E-state index in [1.165, 1.54) is 14.2 Å². The largest absolute Gasteiger partial charge is 0.481 e. The first-order chi connectivity index (χ1) is 8.91. The van der Waals surface area contributed by atoms with Crippen LogP contribution in [0.2, 0.25) is 0 Å². The molecule has 0 spiro atoms. The molecule has 1 aliphatic heterocycles. The standard InChI is InChI=1S/C10H16N4O4S/c1-17-8-4-9(18-2)12-10(11-8)14-5-7(6-14)13-19(3,15)16/h4,7,13H,5-6H2,1-3H3. The van der Waals surface area contributed by atoms with Crippen LogP contribution < -0.4 is 19.1 Å². The second kappa shape index (κ2) is 5.17. The monoisotopic (exact) mass is 288 g/mol. The SMILES string of the molecule is COc1cc(OC)nc(N2CC(NS(C)(=O)=O)C2)n1. The van der Waals surface area contributed by atoms with Crippen LogP contribution >= 0.6 is 0 Å². The second-order valence-electron chi connectivity index (χ2n) is 4.24. The van der Waals surface area contributed by atoms with E-state index in [0.717, 1.165) is 6.26 Å². The third-order valence-corrected chi connectivity index (χ3v) is 3.39. The van der Waals surface area contributed by atoms with Crippen molar-refractivity contribution in [2.24, 2.45) is 0 Å². The van der Waals surface area contributed by atoms with E-state index < -0.39 is 10.0 Å². The third kappa shape index (κ3) is 3.44. The molecule has 2 heterocycles. The Balaban J connectivity index is 2.05. The van der Waals surface area contributed by atoms with Crippen molar-refractivity contribution in [2.45, 2.75) is 6.04 Å². The summed E-state index contributed by atoms with van der Waals surface area (Å²) < 4.78 is 34.8. The fourth-order valence-electron chi connectivity index (χ4n) is 1.76. The number of hydrogen-bond acceptors (Lipinski definition) is 7. The van der Waals surface area contributed by atoms with Crippen LogP contribution in [0.3, 0.4) is 0 Å². The molecule has 0 aromatic carbocycles. The summed E-state index contributed by atoms with van der Waals surface area (Å²) in [6, 6.07) is 1.46. The zero-order valence-electron chi connectivity index (χ0n) is 11.0. The highest BCUT2D eigenvalue weighted by Gasteiger charge is 2.31. The summed E-state index contributed by atoms with van der Waals surface area (Å²) >= 11 is 0. The van der Waals surface area contributed by atoms with Crippen molar-refractivity contribution in [3.05, 3.63) is 6.07 Å². The zero-order valence-corrected chi connectivity index (χ0v) is 11.8. The average Bonchev–Trinajstić information content (AvgIpc) is 2.31. The molecule has 1 aromatic rings. The van der Waals surface area contributed by atoms with Crippen LogP contribution in [-0.4, -0.2) is 58.0 Å². The van der Waals surface area contributed by atoms with E-state index in [2.05, 4.69) is 14.7 Å². The van der Waals surface area contributed by atoms with Gasteiger partial charge in [0.15, 0.2) is 0 Å². The highest BCUT2D eigenvalue weighted by molar-refractivity contribution is 7.88. The van der Waals surface area contributed by atoms with E-state index in [9.17, 15) is 8.42 Å². The molecule has 9 heteroatoms. The lowest BCUT2D eigenvalue weighted by molar-refractivity contribution is 0.368. The first-order valence-corrected chi connectivity index (χ1v) is 7.49. The molecule has 0 unspecified atom stereocenters. The average molecular weight is 288 g/mol. The number of rotatable bonds is 5. The van der Waals surface area contributed by atoms with Crippen molar-refractivity contribution >= 4 is 16.0 Å². The van der Waals surface area contributed by atoms with Gasteiger partial charge in [-0.25, -0.2) is 13.1 Å². The van der Waals surface area contributed by atoms with Crippen LogP contribution in [0.25, 0.3) is 0 Å². The molecule has 19 heavy (non-hydrogen) atoms. The summed E-state index contributed by atoms with van der Waals surface area (Å²) in [6.45, 7) is 1.03. The number of anilines is 1. The lowest BCUT2D eigenvalue weighted by Crippen LogP contribution is -2.59. The number of nitrogens with zero attached hydrogens (tertiary/aromatic N) is 3. The van der Waals surface area contributed by atoms with Gasteiger partial charge in [0.1, 0.15) is 0 Å². The van der Waals surface area contributed by atoms with Gasteiger partial charge < -0.3 is 14.4 Å². The molecule has 106 valence electrons. The molecule has 0 amide bonds. The minimum Gasteiger partial charge on any atom is -0.481 e. The van der Waals surface area contributed by atoms with Gasteiger partial charge in [-0.05, 0) is 0 Å². The molecule has 0 aliphatic carbocycles. The van der Waals surface area contributed by atoms with E-state index in [0.29, 0.717) is 30.8 Å². The Kier molecular flexibility index (Phi) is 3.76. The van der Waals surface area contributed by atoms with Crippen molar-refractivity contribution in [3.63, 3.8) is 0 Å². The van der Waals surface area contributed by atoms with Crippen LogP contribution in [0.15, 0.2) is 6.07 Å². The van der Waals surface area contributed by atoms with Crippen molar-refractivity contribution in [1.29, 1.82) is 0 Å². The number of nitrogens with one attached hydrogen (secondary N) is 1. The normalized spacial score (nSPS) is 16.1. The first-order valence-electron chi connectivity index (χ1n) is 5.60. The number of methoxy groups -OCH3 is 2. The minimum atomic E-state index is -3.18. The van der Waals surface area contributed by atoms with E-state index in [-0.39, 0.29) is 6.04 Å². The highest BCUT2D eigenvalue weighted by Crippen LogP contribution is 2.23. The molecule has 1 saturated heterocycles. The molecule has 0 bridgehead atoms. The Bertz CT molecular complexity index is 534. The smallest absolute Gasteiger partial charge is 0.232 e. The highest BCUT2D eigenvalue weighted by atomic mass is 32.2. The molecule has 1 aromatic heterocycles. The maximum absolute atomic E-state index is 11.1.